The Hall–Kier alpha value is -3.20. The lowest BCUT2D eigenvalue weighted by molar-refractivity contribution is 0.616. The number of fused-ring (bicyclic) bond motifs is 2. The van der Waals surface area contributed by atoms with E-state index >= 15 is 0 Å². The van der Waals surface area contributed by atoms with E-state index in [0.29, 0.717) is 39.5 Å². The van der Waals surface area contributed by atoms with Gasteiger partial charge in [0, 0.05) is 18.9 Å². The molecule has 0 aromatic carbocycles. The molecule has 0 saturated carbocycles. The topological polar surface area (TPSA) is 98.5 Å². The molecule has 5 rings (SSSR count). The van der Waals surface area contributed by atoms with Crippen LogP contribution in [0.2, 0.25) is 0 Å². The highest BCUT2D eigenvalue weighted by atomic mass is 32.2. The number of aromatic amines is 1. The minimum Gasteiger partial charge on any atom is -0.315 e. The van der Waals surface area contributed by atoms with E-state index in [4.69, 9.17) is 0 Å². The first-order chi connectivity index (χ1) is 15.6. The molecule has 0 spiro atoms. The van der Waals surface area contributed by atoms with Crippen LogP contribution < -0.4 is 11.1 Å². The van der Waals surface area contributed by atoms with Crippen molar-refractivity contribution >= 4 is 33.6 Å². The van der Waals surface area contributed by atoms with Crippen molar-refractivity contribution in [2.45, 2.75) is 50.7 Å². The van der Waals surface area contributed by atoms with Crippen LogP contribution in [0, 0.1) is 0 Å². The highest BCUT2D eigenvalue weighted by Gasteiger charge is 2.13. The van der Waals surface area contributed by atoms with Gasteiger partial charge >= 0.3 is 0 Å². The number of H-pyrrole nitrogens is 1. The van der Waals surface area contributed by atoms with Gasteiger partial charge in [-0.05, 0) is 56.1 Å². The van der Waals surface area contributed by atoms with E-state index in [1.807, 2.05) is 13.0 Å². The smallest absolute Gasteiger partial charge is 0.266 e. The summed E-state index contributed by atoms with van der Waals surface area (Å²) in [5, 5.41) is 8.36. The zero-order valence-electron chi connectivity index (χ0n) is 17.9. The summed E-state index contributed by atoms with van der Waals surface area (Å²) in [6.07, 6.45) is 11.3. The molecule has 164 valence electrons. The van der Waals surface area contributed by atoms with E-state index in [1.165, 1.54) is 34.7 Å². The monoisotopic (exact) mass is 448 g/mol. The summed E-state index contributed by atoms with van der Waals surface area (Å²) in [6.45, 7) is 2.65. The van der Waals surface area contributed by atoms with Crippen molar-refractivity contribution in [3.8, 4) is 5.95 Å². The molecule has 0 amide bonds. The molecule has 0 saturated heterocycles. The molecule has 1 N–H and O–H groups in total. The van der Waals surface area contributed by atoms with Gasteiger partial charge in [-0.3, -0.25) is 14.2 Å². The zero-order chi connectivity index (χ0) is 22.1. The molecule has 32 heavy (non-hydrogen) atoms. The minimum atomic E-state index is -0.289. The molecule has 0 aliphatic heterocycles. The van der Waals surface area contributed by atoms with E-state index in [-0.39, 0.29) is 11.1 Å². The van der Waals surface area contributed by atoms with E-state index < -0.39 is 0 Å². The molecule has 9 heteroatoms. The Morgan fingerprint density at radius 1 is 1.06 bits per heavy atom. The van der Waals surface area contributed by atoms with Gasteiger partial charge in [-0.15, -0.1) is 5.10 Å². The van der Waals surface area contributed by atoms with Crippen LogP contribution in [0.3, 0.4) is 0 Å². The minimum absolute atomic E-state index is 0.121. The number of nitrogens with zero attached hydrogens (tertiary/aromatic N) is 5. The van der Waals surface area contributed by atoms with Crippen LogP contribution in [-0.4, -0.2) is 35.1 Å². The summed E-state index contributed by atoms with van der Waals surface area (Å²) in [7, 11) is 0. The van der Waals surface area contributed by atoms with Crippen molar-refractivity contribution in [3.63, 3.8) is 0 Å². The molecular formula is C23H24N6O2S. The maximum Gasteiger partial charge on any atom is 0.266 e. The number of nitrogens with one attached hydrogen (secondary N) is 1. The predicted octanol–water partition coefficient (Wildman–Crippen LogP) is 3.82. The lowest BCUT2D eigenvalue weighted by Gasteiger charge is -2.13. The van der Waals surface area contributed by atoms with E-state index in [2.05, 4.69) is 26.2 Å². The Balaban J connectivity index is 1.54. The molecule has 4 aromatic heterocycles. The molecule has 4 heterocycles. The van der Waals surface area contributed by atoms with Crippen molar-refractivity contribution in [2.24, 2.45) is 0 Å². The lowest BCUT2D eigenvalue weighted by atomic mass is 9.97. The second kappa shape index (κ2) is 8.74. The Morgan fingerprint density at radius 2 is 1.88 bits per heavy atom. The van der Waals surface area contributed by atoms with Crippen LogP contribution in [0.1, 0.15) is 39.0 Å². The van der Waals surface area contributed by atoms with Crippen LogP contribution >= 0.6 is 11.8 Å². The number of thioether (sulfide) groups is 1. The standard InChI is InChI=1S/C23H24N6O2S/c1-2-32-23-25-22(26-27-23)29-13-10-19-17(21(29)31)14-16-18(24-19)9-12-28(20(16)30)11-8-15-6-4-3-5-7-15/h6,9-10,12-14H,2-5,7-8,11H2,1H3,(H,25,26,27). The van der Waals surface area contributed by atoms with Gasteiger partial charge in [0.2, 0.25) is 11.1 Å². The summed E-state index contributed by atoms with van der Waals surface area (Å²) < 4.78 is 3.12. The van der Waals surface area contributed by atoms with Gasteiger partial charge < -0.3 is 4.57 Å². The number of rotatable bonds is 6. The molecule has 4 aromatic rings. The Bertz CT molecular complexity index is 1450. The molecule has 0 atom stereocenters. The first-order valence-electron chi connectivity index (χ1n) is 10.9. The van der Waals surface area contributed by atoms with Crippen LogP contribution in [0.5, 0.6) is 0 Å². The van der Waals surface area contributed by atoms with Gasteiger partial charge in [0.1, 0.15) is 0 Å². The summed E-state index contributed by atoms with van der Waals surface area (Å²) >= 11 is 1.49. The average Bonchev–Trinajstić information content (AvgIpc) is 3.27. The number of allylic oxidation sites excluding steroid dienone is 2. The fourth-order valence-electron chi connectivity index (χ4n) is 4.14. The van der Waals surface area contributed by atoms with Gasteiger partial charge in [-0.1, -0.05) is 30.3 Å². The van der Waals surface area contributed by atoms with Gasteiger partial charge in [0.05, 0.1) is 21.8 Å². The molecule has 0 fully saturated rings. The second-order valence-corrected chi connectivity index (χ2v) is 9.12. The number of hydrogen-bond acceptors (Lipinski definition) is 6. The number of aryl methyl sites for hydroxylation is 1. The number of pyridine rings is 3. The summed E-state index contributed by atoms with van der Waals surface area (Å²) in [4.78, 5) is 35.3. The van der Waals surface area contributed by atoms with Crippen LogP contribution in [0.15, 0.2) is 57.0 Å². The Morgan fingerprint density at radius 3 is 2.66 bits per heavy atom. The third kappa shape index (κ3) is 3.88. The maximum absolute atomic E-state index is 13.2. The van der Waals surface area contributed by atoms with Crippen LogP contribution in [0.4, 0.5) is 0 Å². The third-order valence-electron chi connectivity index (χ3n) is 5.83. The van der Waals surface area contributed by atoms with Crippen molar-refractivity contribution in [2.75, 3.05) is 5.75 Å². The highest BCUT2D eigenvalue weighted by Crippen LogP contribution is 2.21. The van der Waals surface area contributed by atoms with E-state index in [1.54, 1.807) is 29.1 Å². The van der Waals surface area contributed by atoms with Crippen LogP contribution in [0.25, 0.3) is 27.8 Å². The summed E-state index contributed by atoms with van der Waals surface area (Å²) in [5.74, 6) is 1.18. The fraction of sp³-hybridized carbons (Fsp3) is 0.348. The van der Waals surface area contributed by atoms with Crippen LogP contribution in [-0.2, 0) is 6.54 Å². The molecule has 0 radical (unpaired) electrons. The van der Waals surface area contributed by atoms with Gasteiger partial charge in [0.15, 0.2) is 0 Å². The molecule has 0 bridgehead atoms. The van der Waals surface area contributed by atoms with Crippen molar-refractivity contribution in [3.05, 3.63) is 62.9 Å². The van der Waals surface area contributed by atoms with Crippen molar-refractivity contribution in [1.29, 1.82) is 0 Å². The fourth-order valence-corrected chi connectivity index (χ4v) is 4.66. The molecule has 1 aliphatic rings. The summed E-state index contributed by atoms with van der Waals surface area (Å²) in [5.41, 5.74) is 2.16. The maximum atomic E-state index is 13.2. The highest BCUT2D eigenvalue weighted by molar-refractivity contribution is 7.99. The Kier molecular flexibility index (Phi) is 5.65. The van der Waals surface area contributed by atoms with Crippen molar-refractivity contribution < 1.29 is 0 Å². The van der Waals surface area contributed by atoms with Gasteiger partial charge in [-0.2, -0.15) is 4.98 Å². The third-order valence-corrected chi connectivity index (χ3v) is 6.56. The molecular weight excluding hydrogens is 424 g/mol. The normalized spacial score (nSPS) is 14.2. The van der Waals surface area contributed by atoms with Gasteiger partial charge in [-0.25, -0.2) is 10.1 Å². The van der Waals surface area contributed by atoms with Gasteiger partial charge in [0.25, 0.3) is 11.1 Å². The first kappa shape index (κ1) is 20.7. The number of hydrogen-bond donors (Lipinski definition) is 1. The quantitative estimate of drug-likeness (QED) is 0.274. The van der Waals surface area contributed by atoms with E-state index in [0.717, 1.165) is 25.0 Å². The Labute approximate surface area is 188 Å². The first-order valence-corrected chi connectivity index (χ1v) is 11.9. The largest absolute Gasteiger partial charge is 0.315 e. The number of aromatic nitrogens is 6. The molecule has 8 nitrogen and oxygen atoms in total. The molecule has 1 aliphatic carbocycles. The molecule has 0 unspecified atom stereocenters. The predicted molar refractivity (Wildman–Crippen MR) is 127 cm³/mol. The SMILES string of the molecule is CCSc1n[nH]c(-n2ccc3nc4ccn(CCC5=CCCCC5)c(=O)c4cc3c2=O)n1. The summed E-state index contributed by atoms with van der Waals surface area (Å²) in [6, 6.07) is 5.27. The zero-order valence-corrected chi connectivity index (χ0v) is 18.7. The van der Waals surface area contributed by atoms with E-state index in [9.17, 15) is 9.59 Å². The second-order valence-electron chi connectivity index (χ2n) is 7.89. The van der Waals surface area contributed by atoms with Crippen molar-refractivity contribution in [1.82, 2.24) is 29.3 Å². The average molecular weight is 449 g/mol. The lowest BCUT2D eigenvalue weighted by Crippen LogP contribution is -2.22.